The van der Waals surface area contributed by atoms with E-state index in [2.05, 4.69) is 37.1 Å². The van der Waals surface area contributed by atoms with E-state index in [-0.39, 0.29) is 6.10 Å². The van der Waals surface area contributed by atoms with E-state index in [0.29, 0.717) is 0 Å². The topological polar surface area (TPSA) is 34.1 Å². The first-order chi connectivity index (χ1) is 9.76. The monoisotopic (exact) mass is 278 g/mol. The van der Waals surface area contributed by atoms with Gasteiger partial charge in [-0.15, -0.1) is 0 Å². The van der Waals surface area contributed by atoms with Crippen LogP contribution in [-0.4, -0.2) is 17.6 Å². The Balaban J connectivity index is 2.26. The first-order valence-corrected chi connectivity index (χ1v) is 8.08. The molecule has 1 aromatic rings. The summed E-state index contributed by atoms with van der Waals surface area (Å²) in [6.45, 7) is 8.47. The summed E-state index contributed by atoms with van der Waals surface area (Å²) in [5.74, 6) is 0.743. The van der Waals surface area contributed by atoms with Gasteiger partial charge in [-0.05, 0) is 38.3 Å². The van der Waals surface area contributed by atoms with E-state index in [1.54, 1.807) is 0 Å². The van der Waals surface area contributed by atoms with Crippen LogP contribution in [0.15, 0.2) is 18.3 Å². The van der Waals surface area contributed by atoms with E-state index in [0.717, 1.165) is 31.8 Å². The molecule has 0 spiro atoms. The Hall–Kier alpha value is -1.09. The molecule has 0 aliphatic carbocycles. The lowest BCUT2D eigenvalue weighted by Gasteiger charge is -2.14. The zero-order chi connectivity index (χ0) is 14.6. The van der Waals surface area contributed by atoms with Gasteiger partial charge in [0, 0.05) is 18.8 Å². The highest BCUT2D eigenvalue weighted by molar-refractivity contribution is 5.17. The molecule has 1 rings (SSSR count). The first kappa shape index (κ1) is 17.0. The average molecular weight is 278 g/mol. The molecular formula is C17H30N2O. The molecule has 1 aromatic heterocycles. The summed E-state index contributed by atoms with van der Waals surface area (Å²) in [5, 5.41) is 3.37. The lowest BCUT2D eigenvalue weighted by atomic mass is 10.1. The van der Waals surface area contributed by atoms with Crippen LogP contribution in [0.3, 0.4) is 0 Å². The van der Waals surface area contributed by atoms with Crippen molar-refractivity contribution in [2.24, 2.45) is 0 Å². The highest BCUT2D eigenvalue weighted by Gasteiger charge is 2.05. The average Bonchev–Trinajstić information content (AvgIpc) is 2.46. The Morgan fingerprint density at radius 2 is 2.00 bits per heavy atom. The number of unbranched alkanes of at least 4 members (excludes halogenated alkanes) is 3. The van der Waals surface area contributed by atoms with E-state index in [1.807, 2.05) is 12.3 Å². The molecule has 0 aliphatic heterocycles. The van der Waals surface area contributed by atoms with Gasteiger partial charge in [-0.3, -0.25) is 0 Å². The van der Waals surface area contributed by atoms with Crippen LogP contribution in [0, 0.1) is 0 Å². The minimum Gasteiger partial charge on any atom is -0.475 e. The maximum atomic E-state index is 5.84. The molecule has 3 heteroatoms. The molecule has 0 aliphatic rings. The van der Waals surface area contributed by atoms with Crippen molar-refractivity contribution in [1.29, 1.82) is 0 Å². The molecule has 1 N–H and O–H groups in total. The Kier molecular flexibility index (Phi) is 9.05. The van der Waals surface area contributed by atoms with E-state index in [9.17, 15) is 0 Å². The van der Waals surface area contributed by atoms with Gasteiger partial charge in [-0.2, -0.15) is 0 Å². The number of nitrogens with one attached hydrogen (secondary N) is 1. The van der Waals surface area contributed by atoms with Crippen molar-refractivity contribution in [2.45, 2.75) is 71.9 Å². The zero-order valence-corrected chi connectivity index (χ0v) is 13.3. The standard InChI is InChI=1S/C17H30N2O/c1-4-6-7-8-9-15(3)20-17-11-10-16(14-19-17)13-18-12-5-2/h10-11,14-15,18H,4-9,12-13H2,1-3H3. The fourth-order valence-electron chi connectivity index (χ4n) is 2.12. The van der Waals surface area contributed by atoms with Crippen molar-refractivity contribution in [3.63, 3.8) is 0 Å². The Labute approximate surface area is 124 Å². The molecule has 1 unspecified atom stereocenters. The van der Waals surface area contributed by atoms with E-state index < -0.39 is 0 Å². The maximum Gasteiger partial charge on any atom is 0.213 e. The van der Waals surface area contributed by atoms with Gasteiger partial charge < -0.3 is 10.1 Å². The van der Waals surface area contributed by atoms with Gasteiger partial charge in [0.1, 0.15) is 0 Å². The lowest BCUT2D eigenvalue weighted by Crippen LogP contribution is -2.15. The van der Waals surface area contributed by atoms with Gasteiger partial charge >= 0.3 is 0 Å². The highest BCUT2D eigenvalue weighted by Crippen LogP contribution is 2.13. The number of ether oxygens (including phenoxy) is 1. The number of nitrogens with zero attached hydrogens (tertiary/aromatic N) is 1. The SMILES string of the molecule is CCCCCCC(C)Oc1ccc(CNCCC)cn1. The summed E-state index contributed by atoms with van der Waals surface area (Å²) in [6, 6.07) is 4.07. The van der Waals surface area contributed by atoms with Gasteiger partial charge in [-0.1, -0.05) is 39.2 Å². The molecule has 0 saturated heterocycles. The molecular weight excluding hydrogens is 248 g/mol. The van der Waals surface area contributed by atoms with Crippen molar-refractivity contribution in [3.05, 3.63) is 23.9 Å². The molecule has 0 radical (unpaired) electrons. The summed E-state index contributed by atoms with van der Waals surface area (Å²) in [5.41, 5.74) is 1.21. The van der Waals surface area contributed by atoms with Crippen LogP contribution in [0.4, 0.5) is 0 Å². The number of pyridine rings is 1. The van der Waals surface area contributed by atoms with Crippen LogP contribution in [0.5, 0.6) is 5.88 Å². The summed E-state index contributed by atoms with van der Waals surface area (Å²) in [4.78, 5) is 4.38. The van der Waals surface area contributed by atoms with Gasteiger partial charge in [-0.25, -0.2) is 4.98 Å². The minimum absolute atomic E-state index is 0.253. The van der Waals surface area contributed by atoms with E-state index in [4.69, 9.17) is 4.74 Å². The Morgan fingerprint density at radius 3 is 2.65 bits per heavy atom. The smallest absolute Gasteiger partial charge is 0.213 e. The Morgan fingerprint density at radius 1 is 1.15 bits per heavy atom. The molecule has 0 aromatic carbocycles. The van der Waals surface area contributed by atoms with Crippen molar-refractivity contribution in [2.75, 3.05) is 6.54 Å². The molecule has 0 amide bonds. The largest absolute Gasteiger partial charge is 0.475 e. The fraction of sp³-hybridized carbons (Fsp3) is 0.706. The molecule has 0 fully saturated rings. The first-order valence-electron chi connectivity index (χ1n) is 8.08. The minimum atomic E-state index is 0.253. The van der Waals surface area contributed by atoms with E-state index >= 15 is 0 Å². The van der Waals surface area contributed by atoms with Gasteiger partial charge in [0.25, 0.3) is 0 Å². The third-order valence-corrected chi connectivity index (χ3v) is 3.34. The normalized spacial score (nSPS) is 12.3. The van der Waals surface area contributed by atoms with Crippen LogP contribution >= 0.6 is 0 Å². The highest BCUT2D eigenvalue weighted by atomic mass is 16.5. The summed E-state index contributed by atoms with van der Waals surface area (Å²) < 4.78 is 5.84. The molecule has 1 heterocycles. The van der Waals surface area contributed by atoms with Gasteiger partial charge in [0.15, 0.2) is 0 Å². The van der Waals surface area contributed by atoms with Crippen molar-refractivity contribution < 1.29 is 4.74 Å². The van der Waals surface area contributed by atoms with Crippen LogP contribution in [0.2, 0.25) is 0 Å². The molecule has 3 nitrogen and oxygen atoms in total. The number of hydrogen-bond donors (Lipinski definition) is 1. The van der Waals surface area contributed by atoms with Crippen molar-refractivity contribution in [1.82, 2.24) is 10.3 Å². The van der Waals surface area contributed by atoms with Crippen molar-refractivity contribution in [3.8, 4) is 5.88 Å². The fourth-order valence-corrected chi connectivity index (χ4v) is 2.12. The molecule has 114 valence electrons. The van der Waals surface area contributed by atoms with Gasteiger partial charge in [0.05, 0.1) is 6.10 Å². The second kappa shape index (κ2) is 10.7. The summed E-state index contributed by atoms with van der Waals surface area (Å²) in [7, 11) is 0. The zero-order valence-electron chi connectivity index (χ0n) is 13.3. The molecule has 20 heavy (non-hydrogen) atoms. The number of rotatable bonds is 11. The molecule has 0 bridgehead atoms. The van der Waals surface area contributed by atoms with Crippen LogP contribution in [0.1, 0.15) is 64.9 Å². The second-order valence-electron chi connectivity index (χ2n) is 5.46. The predicted octanol–water partition coefficient (Wildman–Crippen LogP) is 4.32. The second-order valence-corrected chi connectivity index (χ2v) is 5.46. The quantitative estimate of drug-likeness (QED) is 0.612. The van der Waals surface area contributed by atoms with Gasteiger partial charge in [0.2, 0.25) is 5.88 Å². The van der Waals surface area contributed by atoms with Crippen molar-refractivity contribution >= 4 is 0 Å². The molecule has 0 saturated carbocycles. The third kappa shape index (κ3) is 7.49. The maximum absolute atomic E-state index is 5.84. The lowest BCUT2D eigenvalue weighted by molar-refractivity contribution is 0.198. The van der Waals surface area contributed by atoms with E-state index in [1.165, 1.54) is 31.2 Å². The number of aromatic nitrogens is 1. The van der Waals surface area contributed by atoms with Crippen LogP contribution in [-0.2, 0) is 6.54 Å². The Bertz CT molecular complexity index is 337. The predicted molar refractivity (Wildman–Crippen MR) is 85.1 cm³/mol. The third-order valence-electron chi connectivity index (χ3n) is 3.34. The van der Waals surface area contributed by atoms with Crippen LogP contribution in [0.25, 0.3) is 0 Å². The van der Waals surface area contributed by atoms with Crippen LogP contribution < -0.4 is 10.1 Å². The molecule has 1 atom stereocenters. The summed E-state index contributed by atoms with van der Waals surface area (Å²) >= 11 is 0. The summed E-state index contributed by atoms with van der Waals surface area (Å²) in [6.07, 6.45) is 9.58. The number of hydrogen-bond acceptors (Lipinski definition) is 3.